The minimum atomic E-state index is 0.646. The molecule has 1 aromatic rings. The molecule has 2 rings (SSSR count). The van der Waals surface area contributed by atoms with E-state index in [1.165, 1.54) is 19.3 Å². The maximum absolute atomic E-state index is 4.35. The summed E-state index contributed by atoms with van der Waals surface area (Å²) in [5.74, 6) is 2.74. The molecule has 1 N–H and O–H groups in total. The molecule has 0 bridgehead atoms. The van der Waals surface area contributed by atoms with Crippen LogP contribution in [-0.4, -0.2) is 20.8 Å². The van der Waals surface area contributed by atoms with E-state index < -0.39 is 0 Å². The Kier molecular flexibility index (Phi) is 4.75. The largest absolute Gasteiger partial charge is 0.307 e. The van der Waals surface area contributed by atoms with Crippen LogP contribution >= 0.6 is 0 Å². The van der Waals surface area contributed by atoms with Gasteiger partial charge >= 0.3 is 0 Å². The Balaban J connectivity index is 1.85. The molecule has 1 aliphatic carbocycles. The van der Waals surface area contributed by atoms with Gasteiger partial charge in [0.1, 0.15) is 12.2 Å². The zero-order valence-corrected chi connectivity index (χ0v) is 11.9. The topological polar surface area (TPSA) is 42.7 Å². The number of hydrogen-bond donors (Lipinski definition) is 1. The number of nitrogens with one attached hydrogen (secondary N) is 1. The lowest BCUT2D eigenvalue weighted by Crippen LogP contribution is -2.39. The first-order chi connectivity index (χ1) is 8.70. The molecular formula is C14H26N4. The smallest absolute Gasteiger partial charge is 0.140 e. The summed E-state index contributed by atoms with van der Waals surface area (Å²) in [4.78, 5) is 4.35. The van der Waals surface area contributed by atoms with Crippen LogP contribution in [0.3, 0.4) is 0 Å². The first-order valence-electron chi connectivity index (χ1n) is 7.30. The van der Waals surface area contributed by atoms with Crippen molar-refractivity contribution < 1.29 is 0 Å². The molecule has 0 saturated heterocycles. The Bertz CT molecular complexity index is 360. The van der Waals surface area contributed by atoms with Crippen LogP contribution in [0.4, 0.5) is 0 Å². The van der Waals surface area contributed by atoms with Gasteiger partial charge in [0, 0.05) is 12.6 Å². The van der Waals surface area contributed by atoms with Gasteiger partial charge in [-0.25, -0.2) is 9.67 Å². The SMILES string of the molecule is CCCn1ncnc1CNC1CCC(C)CC1C. The van der Waals surface area contributed by atoms with Crippen LogP contribution in [0.2, 0.25) is 0 Å². The lowest BCUT2D eigenvalue weighted by molar-refractivity contribution is 0.225. The van der Waals surface area contributed by atoms with Crippen LogP contribution in [0.5, 0.6) is 0 Å². The highest BCUT2D eigenvalue weighted by molar-refractivity contribution is 4.87. The molecule has 0 amide bonds. The Morgan fingerprint density at radius 3 is 2.94 bits per heavy atom. The molecule has 4 heteroatoms. The van der Waals surface area contributed by atoms with Crippen LogP contribution in [0.25, 0.3) is 0 Å². The van der Waals surface area contributed by atoms with Gasteiger partial charge in [0.15, 0.2) is 0 Å². The van der Waals surface area contributed by atoms with Crippen LogP contribution < -0.4 is 5.32 Å². The summed E-state index contributed by atoms with van der Waals surface area (Å²) in [7, 11) is 0. The fraction of sp³-hybridized carbons (Fsp3) is 0.857. The number of nitrogens with zero attached hydrogens (tertiary/aromatic N) is 3. The second-order valence-corrected chi connectivity index (χ2v) is 5.78. The van der Waals surface area contributed by atoms with Crippen molar-refractivity contribution in [2.75, 3.05) is 0 Å². The fourth-order valence-corrected chi connectivity index (χ4v) is 3.01. The molecule has 1 aromatic heterocycles. The maximum Gasteiger partial charge on any atom is 0.140 e. The Morgan fingerprint density at radius 1 is 1.39 bits per heavy atom. The van der Waals surface area contributed by atoms with Crippen LogP contribution in [0.15, 0.2) is 6.33 Å². The number of aromatic nitrogens is 3. The minimum absolute atomic E-state index is 0.646. The van der Waals surface area contributed by atoms with Crippen molar-refractivity contribution in [3.05, 3.63) is 12.2 Å². The van der Waals surface area contributed by atoms with E-state index >= 15 is 0 Å². The summed E-state index contributed by atoms with van der Waals surface area (Å²) in [6.07, 6.45) is 6.76. The van der Waals surface area contributed by atoms with E-state index in [0.29, 0.717) is 6.04 Å². The zero-order chi connectivity index (χ0) is 13.0. The van der Waals surface area contributed by atoms with Gasteiger partial charge in [-0.1, -0.05) is 20.8 Å². The third-order valence-corrected chi connectivity index (χ3v) is 4.09. The van der Waals surface area contributed by atoms with Gasteiger partial charge in [-0.2, -0.15) is 5.10 Å². The fourth-order valence-electron chi connectivity index (χ4n) is 3.01. The van der Waals surface area contributed by atoms with Gasteiger partial charge in [0.05, 0.1) is 6.54 Å². The van der Waals surface area contributed by atoms with Gasteiger partial charge in [0.25, 0.3) is 0 Å². The predicted molar refractivity (Wildman–Crippen MR) is 73.1 cm³/mol. The molecule has 3 unspecified atom stereocenters. The molecule has 0 aromatic carbocycles. The van der Waals surface area contributed by atoms with E-state index in [1.807, 2.05) is 4.68 Å². The number of hydrogen-bond acceptors (Lipinski definition) is 3. The van der Waals surface area contributed by atoms with Crippen molar-refractivity contribution >= 4 is 0 Å². The Hall–Kier alpha value is -0.900. The average molecular weight is 250 g/mol. The third kappa shape index (κ3) is 3.31. The van der Waals surface area contributed by atoms with Gasteiger partial charge in [-0.15, -0.1) is 0 Å². The monoisotopic (exact) mass is 250 g/mol. The average Bonchev–Trinajstić information content (AvgIpc) is 2.76. The van der Waals surface area contributed by atoms with Crippen molar-refractivity contribution in [3.8, 4) is 0 Å². The van der Waals surface area contributed by atoms with Crippen molar-refractivity contribution in [3.63, 3.8) is 0 Å². The summed E-state index contributed by atoms with van der Waals surface area (Å²) in [5.41, 5.74) is 0. The van der Waals surface area contributed by atoms with E-state index in [0.717, 1.165) is 37.2 Å². The van der Waals surface area contributed by atoms with Crippen molar-refractivity contribution in [1.82, 2.24) is 20.1 Å². The summed E-state index contributed by atoms with van der Waals surface area (Å²) in [5, 5.41) is 7.94. The van der Waals surface area contributed by atoms with E-state index in [-0.39, 0.29) is 0 Å². The predicted octanol–water partition coefficient (Wildman–Crippen LogP) is 2.60. The number of rotatable bonds is 5. The summed E-state index contributed by atoms with van der Waals surface area (Å²) < 4.78 is 2.02. The van der Waals surface area contributed by atoms with Crippen LogP contribution in [0, 0.1) is 11.8 Å². The highest BCUT2D eigenvalue weighted by Gasteiger charge is 2.25. The zero-order valence-electron chi connectivity index (χ0n) is 11.9. The molecule has 4 nitrogen and oxygen atoms in total. The van der Waals surface area contributed by atoms with Gasteiger partial charge < -0.3 is 5.32 Å². The molecule has 1 saturated carbocycles. The maximum atomic E-state index is 4.35. The van der Waals surface area contributed by atoms with Crippen molar-refractivity contribution in [2.45, 2.75) is 65.6 Å². The first kappa shape index (κ1) is 13.5. The molecule has 1 heterocycles. The number of aryl methyl sites for hydroxylation is 1. The van der Waals surface area contributed by atoms with Crippen LogP contribution in [0.1, 0.15) is 52.3 Å². The molecule has 3 atom stereocenters. The van der Waals surface area contributed by atoms with Crippen LogP contribution in [-0.2, 0) is 13.1 Å². The molecule has 102 valence electrons. The highest BCUT2D eigenvalue weighted by Crippen LogP contribution is 2.28. The molecule has 1 aliphatic rings. The molecule has 18 heavy (non-hydrogen) atoms. The Labute approximate surface area is 110 Å². The first-order valence-corrected chi connectivity index (χ1v) is 7.30. The normalized spacial score (nSPS) is 28.5. The van der Waals surface area contributed by atoms with E-state index in [4.69, 9.17) is 0 Å². The van der Waals surface area contributed by atoms with Crippen molar-refractivity contribution in [1.29, 1.82) is 0 Å². The molecule has 0 radical (unpaired) electrons. The summed E-state index contributed by atoms with van der Waals surface area (Å²) in [6.45, 7) is 8.72. The summed E-state index contributed by atoms with van der Waals surface area (Å²) >= 11 is 0. The lowest BCUT2D eigenvalue weighted by atomic mass is 9.80. The van der Waals surface area contributed by atoms with Gasteiger partial charge in [-0.3, -0.25) is 0 Å². The third-order valence-electron chi connectivity index (χ3n) is 4.09. The quantitative estimate of drug-likeness (QED) is 0.873. The van der Waals surface area contributed by atoms with Crippen molar-refractivity contribution in [2.24, 2.45) is 11.8 Å². The molecular weight excluding hydrogens is 224 g/mol. The van der Waals surface area contributed by atoms with Gasteiger partial charge in [0.2, 0.25) is 0 Å². The molecule has 0 spiro atoms. The second-order valence-electron chi connectivity index (χ2n) is 5.78. The lowest BCUT2D eigenvalue weighted by Gasteiger charge is -2.33. The summed E-state index contributed by atoms with van der Waals surface area (Å²) in [6, 6.07) is 0.646. The van der Waals surface area contributed by atoms with E-state index in [9.17, 15) is 0 Å². The molecule has 0 aliphatic heterocycles. The van der Waals surface area contributed by atoms with E-state index in [1.54, 1.807) is 6.33 Å². The Morgan fingerprint density at radius 2 is 2.22 bits per heavy atom. The van der Waals surface area contributed by atoms with E-state index in [2.05, 4.69) is 36.2 Å². The van der Waals surface area contributed by atoms with Gasteiger partial charge in [-0.05, 0) is 37.5 Å². The highest BCUT2D eigenvalue weighted by atomic mass is 15.3. The standard InChI is InChI=1S/C14H26N4/c1-4-7-18-14(16-10-17-18)9-15-13-6-5-11(2)8-12(13)3/h10-13,15H,4-9H2,1-3H3. The second kappa shape index (κ2) is 6.32. The minimum Gasteiger partial charge on any atom is -0.307 e. The molecule has 1 fully saturated rings.